The van der Waals surface area contributed by atoms with Crippen molar-refractivity contribution in [2.24, 2.45) is 0 Å². The fraction of sp³-hybridized carbons (Fsp3) is 0.300. The quantitative estimate of drug-likeness (QED) is 0.593. The van der Waals surface area contributed by atoms with E-state index >= 15 is 0 Å². The number of nitrogens with zero attached hydrogens (tertiary/aromatic N) is 1. The van der Waals surface area contributed by atoms with Crippen molar-refractivity contribution in [1.29, 1.82) is 0 Å². The molecule has 0 saturated carbocycles. The number of rotatable bonds is 0. The monoisotopic (exact) mass is 179 g/mol. The van der Waals surface area contributed by atoms with Crippen molar-refractivity contribution in [2.75, 3.05) is 7.05 Å². The average molecular weight is 179 g/mol. The van der Waals surface area contributed by atoms with Crippen molar-refractivity contribution in [3.05, 3.63) is 34.6 Å². The average Bonchev–Trinajstić information content (AvgIpc) is 2.38. The van der Waals surface area contributed by atoms with Crippen LogP contribution in [0, 0.1) is 12.7 Å². The SMILES string of the molecule is Cc1ccc2c(c1F)CN(C)C2=O. The van der Waals surface area contributed by atoms with Gasteiger partial charge in [-0.3, -0.25) is 4.79 Å². The summed E-state index contributed by atoms with van der Waals surface area (Å²) in [5.74, 6) is -0.330. The molecule has 0 N–H and O–H groups in total. The zero-order valence-electron chi connectivity index (χ0n) is 7.60. The van der Waals surface area contributed by atoms with Crippen LogP contribution in [0.1, 0.15) is 21.5 Å². The Morgan fingerprint density at radius 1 is 1.46 bits per heavy atom. The molecule has 3 heteroatoms. The van der Waals surface area contributed by atoms with Gasteiger partial charge in [0.15, 0.2) is 0 Å². The molecular weight excluding hydrogens is 169 g/mol. The zero-order chi connectivity index (χ0) is 9.59. The summed E-state index contributed by atoms with van der Waals surface area (Å²) < 4.78 is 13.5. The molecule has 1 aromatic carbocycles. The molecular formula is C10H10FNO. The highest BCUT2D eigenvalue weighted by atomic mass is 19.1. The molecule has 68 valence electrons. The van der Waals surface area contributed by atoms with Crippen molar-refractivity contribution in [1.82, 2.24) is 4.90 Å². The lowest BCUT2D eigenvalue weighted by Crippen LogP contribution is -2.17. The largest absolute Gasteiger partial charge is 0.337 e. The normalized spacial score (nSPS) is 15.0. The first-order valence-corrected chi connectivity index (χ1v) is 4.14. The molecule has 0 fully saturated rings. The summed E-state index contributed by atoms with van der Waals surface area (Å²) in [6.45, 7) is 2.10. The van der Waals surface area contributed by atoms with E-state index in [2.05, 4.69) is 0 Å². The van der Waals surface area contributed by atoms with E-state index in [1.165, 1.54) is 4.90 Å². The second-order valence-corrected chi connectivity index (χ2v) is 3.38. The lowest BCUT2D eigenvalue weighted by Gasteiger charge is -2.04. The van der Waals surface area contributed by atoms with Crippen LogP contribution in [0.2, 0.25) is 0 Å². The molecule has 0 atom stereocenters. The van der Waals surface area contributed by atoms with Gasteiger partial charge in [0.2, 0.25) is 0 Å². The van der Waals surface area contributed by atoms with Gasteiger partial charge in [-0.2, -0.15) is 0 Å². The Balaban J connectivity index is 2.64. The van der Waals surface area contributed by atoms with Gasteiger partial charge in [-0.25, -0.2) is 4.39 Å². The highest BCUT2D eigenvalue weighted by molar-refractivity contribution is 5.98. The minimum absolute atomic E-state index is 0.0890. The molecule has 0 aromatic heterocycles. The third-order valence-corrected chi connectivity index (χ3v) is 2.41. The Morgan fingerprint density at radius 2 is 2.15 bits per heavy atom. The van der Waals surface area contributed by atoms with Gasteiger partial charge < -0.3 is 4.90 Å². The van der Waals surface area contributed by atoms with Crippen molar-refractivity contribution >= 4 is 5.91 Å². The van der Waals surface area contributed by atoms with Crippen molar-refractivity contribution in [3.63, 3.8) is 0 Å². The van der Waals surface area contributed by atoms with Gasteiger partial charge in [0, 0.05) is 24.7 Å². The zero-order valence-corrected chi connectivity index (χ0v) is 7.60. The van der Waals surface area contributed by atoms with E-state index < -0.39 is 0 Å². The van der Waals surface area contributed by atoms with Crippen LogP contribution >= 0.6 is 0 Å². The van der Waals surface area contributed by atoms with Crippen LogP contribution in [0.5, 0.6) is 0 Å². The summed E-state index contributed by atoms with van der Waals surface area (Å²) in [5.41, 5.74) is 1.64. The molecule has 2 rings (SSSR count). The standard InChI is InChI=1S/C10H10FNO/c1-6-3-4-7-8(9(6)11)5-12(2)10(7)13/h3-4H,5H2,1-2H3. The number of carbonyl (C=O) groups is 1. The third kappa shape index (κ3) is 1.03. The summed E-state index contributed by atoms with van der Waals surface area (Å²) in [6, 6.07) is 3.34. The summed E-state index contributed by atoms with van der Waals surface area (Å²) in [5, 5.41) is 0. The minimum atomic E-state index is -0.241. The summed E-state index contributed by atoms with van der Waals surface area (Å²) >= 11 is 0. The number of halogens is 1. The van der Waals surface area contributed by atoms with Gasteiger partial charge in [0.25, 0.3) is 5.91 Å². The molecule has 1 heterocycles. The minimum Gasteiger partial charge on any atom is -0.337 e. The molecule has 13 heavy (non-hydrogen) atoms. The highest BCUT2D eigenvalue weighted by Crippen LogP contribution is 2.25. The van der Waals surface area contributed by atoms with Crippen LogP contribution in [0.15, 0.2) is 12.1 Å². The third-order valence-electron chi connectivity index (χ3n) is 2.41. The van der Waals surface area contributed by atoms with E-state index in [9.17, 15) is 9.18 Å². The number of carbonyl (C=O) groups excluding carboxylic acids is 1. The Kier molecular flexibility index (Phi) is 1.62. The maximum absolute atomic E-state index is 13.5. The molecule has 0 bridgehead atoms. The number of benzene rings is 1. The first-order valence-electron chi connectivity index (χ1n) is 4.14. The van der Waals surface area contributed by atoms with Crippen LogP contribution in [-0.4, -0.2) is 17.9 Å². The van der Waals surface area contributed by atoms with Crippen LogP contribution < -0.4 is 0 Å². The number of hydrogen-bond acceptors (Lipinski definition) is 1. The Labute approximate surface area is 76.0 Å². The molecule has 1 aliphatic rings. The smallest absolute Gasteiger partial charge is 0.254 e. The van der Waals surface area contributed by atoms with Gasteiger partial charge >= 0.3 is 0 Å². The maximum Gasteiger partial charge on any atom is 0.254 e. The predicted octanol–water partition coefficient (Wildman–Crippen LogP) is 1.72. The fourth-order valence-corrected chi connectivity index (χ4v) is 1.61. The second-order valence-electron chi connectivity index (χ2n) is 3.38. The van der Waals surface area contributed by atoms with Gasteiger partial charge in [-0.1, -0.05) is 6.07 Å². The predicted molar refractivity (Wildman–Crippen MR) is 46.9 cm³/mol. The summed E-state index contributed by atoms with van der Waals surface area (Å²) in [6.07, 6.45) is 0. The molecule has 1 aliphatic heterocycles. The fourth-order valence-electron chi connectivity index (χ4n) is 1.61. The van der Waals surface area contributed by atoms with E-state index in [1.54, 1.807) is 26.1 Å². The van der Waals surface area contributed by atoms with Crippen LogP contribution in [0.3, 0.4) is 0 Å². The lowest BCUT2D eigenvalue weighted by molar-refractivity contribution is 0.0816. The Morgan fingerprint density at radius 3 is 2.85 bits per heavy atom. The van der Waals surface area contributed by atoms with E-state index in [0.717, 1.165) is 0 Å². The first-order chi connectivity index (χ1) is 6.11. The molecule has 2 nitrogen and oxygen atoms in total. The number of amides is 1. The number of hydrogen-bond donors (Lipinski definition) is 0. The maximum atomic E-state index is 13.5. The van der Waals surface area contributed by atoms with Gasteiger partial charge in [-0.15, -0.1) is 0 Å². The molecule has 0 unspecified atom stereocenters. The molecule has 1 amide bonds. The number of fused-ring (bicyclic) bond motifs is 1. The molecule has 0 aliphatic carbocycles. The van der Waals surface area contributed by atoms with Crippen LogP contribution in [-0.2, 0) is 6.54 Å². The van der Waals surface area contributed by atoms with Gasteiger partial charge in [0.1, 0.15) is 5.82 Å². The Hall–Kier alpha value is -1.38. The van der Waals surface area contributed by atoms with E-state index in [1.807, 2.05) is 0 Å². The van der Waals surface area contributed by atoms with E-state index in [0.29, 0.717) is 23.2 Å². The summed E-state index contributed by atoms with van der Waals surface area (Å²) in [4.78, 5) is 12.9. The van der Waals surface area contributed by atoms with Crippen molar-refractivity contribution in [3.8, 4) is 0 Å². The van der Waals surface area contributed by atoms with Crippen molar-refractivity contribution in [2.45, 2.75) is 13.5 Å². The van der Waals surface area contributed by atoms with E-state index in [-0.39, 0.29) is 11.7 Å². The molecule has 1 aromatic rings. The first kappa shape index (κ1) is 8.23. The van der Waals surface area contributed by atoms with Crippen LogP contribution in [0.25, 0.3) is 0 Å². The van der Waals surface area contributed by atoms with Gasteiger partial charge in [0.05, 0.1) is 0 Å². The molecule has 0 radical (unpaired) electrons. The summed E-state index contributed by atoms with van der Waals surface area (Å²) in [7, 11) is 1.68. The Bertz CT molecular complexity index is 387. The molecule has 0 saturated heterocycles. The highest BCUT2D eigenvalue weighted by Gasteiger charge is 2.27. The number of aryl methyl sites for hydroxylation is 1. The lowest BCUT2D eigenvalue weighted by atomic mass is 10.1. The van der Waals surface area contributed by atoms with Crippen LogP contribution in [0.4, 0.5) is 4.39 Å². The van der Waals surface area contributed by atoms with Crippen molar-refractivity contribution < 1.29 is 9.18 Å². The van der Waals surface area contributed by atoms with E-state index in [4.69, 9.17) is 0 Å². The topological polar surface area (TPSA) is 20.3 Å². The molecule has 0 spiro atoms. The van der Waals surface area contributed by atoms with Gasteiger partial charge in [-0.05, 0) is 18.6 Å². The second kappa shape index (κ2) is 2.55.